The number of anilines is 2. The second-order valence-electron chi connectivity index (χ2n) is 5.54. The van der Waals surface area contributed by atoms with Crippen LogP contribution in [0.2, 0.25) is 5.02 Å². The fraction of sp³-hybridized carbons (Fsp3) is 0.278. The van der Waals surface area contributed by atoms with Gasteiger partial charge in [0.1, 0.15) is 5.75 Å². The second-order valence-corrected chi connectivity index (χ2v) is 5.95. The van der Waals surface area contributed by atoms with E-state index in [2.05, 4.69) is 10.2 Å². The lowest BCUT2D eigenvalue weighted by atomic mass is 10.2. The number of halogens is 1. The van der Waals surface area contributed by atoms with Crippen LogP contribution < -0.4 is 15.0 Å². The zero-order chi connectivity index (χ0) is 16.2. The Labute approximate surface area is 141 Å². The van der Waals surface area contributed by atoms with Crippen molar-refractivity contribution in [1.82, 2.24) is 0 Å². The van der Waals surface area contributed by atoms with Gasteiger partial charge in [-0.2, -0.15) is 0 Å². The summed E-state index contributed by atoms with van der Waals surface area (Å²) in [4.78, 5) is 14.5. The lowest BCUT2D eigenvalue weighted by molar-refractivity contribution is 0.102. The van der Waals surface area contributed by atoms with Gasteiger partial charge in [-0.05, 0) is 55.3 Å². The summed E-state index contributed by atoms with van der Waals surface area (Å²) in [5.41, 5.74) is 2.30. The molecule has 2 aromatic rings. The normalized spacial score (nSPS) is 13.9. The van der Waals surface area contributed by atoms with E-state index in [1.54, 1.807) is 37.4 Å². The second kappa shape index (κ2) is 6.92. The number of benzene rings is 2. The van der Waals surface area contributed by atoms with Crippen LogP contribution in [0.5, 0.6) is 5.75 Å². The van der Waals surface area contributed by atoms with Crippen LogP contribution in [0, 0.1) is 0 Å². The van der Waals surface area contributed by atoms with Gasteiger partial charge in [0.05, 0.1) is 17.8 Å². The summed E-state index contributed by atoms with van der Waals surface area (Å²) in [5.74, 6) is 0.553. The van der Waals surface area contributed by atoms with E-state index in [1.165, 1.54) is 12.8 Å². The number of carbonyl (C=O) groups is 1. The summed E-state index contributed by atoms with van der Waals surface area (Å²) in [6.45, 7) is 2.08. The third kappa shape index (κ3) is 3.59. The number of nitrogens with one attached hydrogen (secondary N) is 1. The number of nitrogens with zero attached hydrogens (tertiary/aromatic N) is 1. The predicted octanol–water partition coefficient (Wildman–Crippen LogP) is 4.20. The van der Waals surface area contributed by atoms with E-state index in [4.69, 9.17) is 16.3 Å². The molecule has 1 saturated heterocycles. The number of hydrogen-bond acceptors (Lipinski definition) is 3. The van der Waals surface area contributed by atoms with Crippen molar-refractivity contribution in [2.24, 2.45) is 0 Å². The van der Waals surface area contributed by atoms with Crippen molar-refractivity contribution in [2.75, 3.05) is 30.4 Å². The molecule has 0 saturated carbocycles. The molecule has 120 valence electrons. The maximum Gasteiger partial charge on any atom is 0.255 e. The number of ether oxygens (including phenoxy) is 1. The molecular weight excluding hydrogens is 312 g/mol. The maximum absolute atomic E-state index is 12.3. The lowest BCUT2D eigenvalue weighted by Crippen LogP contribution is -2.18. The number of rotatable bonds is 4. The van der Waals surface area contributed by atoms with Crippen LogP contribution in [0.3, 0.4) is 0 Å². The molecule has 0 spiro atoms. The van der Waals surface area contributed by atoms with E-state index in [0.29, 0.717) is 16.3 Å². The van der Waals surface area contributed by atoms with Crippen molar-refractivity contribution in [3.05, 3.63) is 53.1 Å². The fourth-order valence-electron chi connectivity index (χ4n) is 2.74. The van der Waals surface area contributed by atoms with Crippen molar-refractivity contribution in [3.63, 3.8) is 0 Å². The summed E-state index contributed by atoms with van der Waals surface area (Å²) in [5, 5.41) is 3.54. The van der Waals surface area contributed by atoms with Gasteiger partial charge in [-0.25, -0.2) is 0 Å². The monoisotopic (exact) mass is 330 g/mol. The first-order valence-corrected chi connectivity index (χ1v) is 8.05. The molecule has 2 aromatic carbocycles. The SMILES string of the molecule is COc1ccc(C(=O)Nc2ccc(N3CCCC3)c(Cl)c2)cc1. The summed E-state index contributed by atoms with van der Waals surface area (Å²) < 4.78 is 5.09. The zero-order valence-corrected chi connectivity index (χ0v) is 13.8. The van der Waals surface area contributed by atoms with Crippen molar-refractivity contribution >= 4 is 28.9 Å². The minimum absolute atomic E-state index is 0.169. The Morgan fingerprint density at radius 3 is 2.43 bits per heavy atom. The minimum atomic E-state index is -0.169. The van der Waals surface area contributed by atoms with Gasteiger partial charge in [0.15, 0.2) is 0 Å². The molecule has 1 amide bonds. The lowest BCUT2D eigenvalue weighted by Gasteiger charge is -2.19. The molecule has 0 aliphatic carbocycles. The van der Waals surface area contributed by atoms with Crippen LogP contribution >= 0.6 is 11.6 Å². The standard InChI is InChI=1S/C18H19ClN2O2/c1-23-15-7-4-13(5-8-15)18(22)20-14-6-9-17(16(19)12-14)21-10-2-3-11-21/h4-9,12H,2-3,10-11H2,1H3,(H,20,22). The van der Waals surface area contributed by atoms with Gasteiger partial charge in [-0.15, -0.1) is 0 Å². The van der Waals surface area contributed by atoms with E-state index < -0.39 is 0 Å². The van der Waals surface area contributed by atoms with Gasteiger partial charge in [0.25, 0.3) is 5.91 Å². The molecule has 4 nitrogen and oxygen atoms in total. The van der Waals surface area contributed by atoms with Gasteiger partial charge in [-0.3, -0.25) is 4.79 Å². The molecule has 0 atom stereocenters. The van der Waals surface area contributed by atoms with E-state index >= 15 is 0 Å². The quantitative estimate of drug-likeness (QED) is 0.913. The zero-order valence-electron chi connectivity index (χ0n) is 13.0. The highest BCUT2D eigenvalue weighted by Crippen LogP contribution is 2.31. The van der Waals surface area contributed by atoms with E-state index in [0.717, 1.165) is 24.5 Å². The van der Waals surface area contributed by atoms with Gasteiger partial charge in [-0.1, -0.05) is 11.6 Å². The predicted molar refractivity (Wildman–Crippen MR) is 93.8 cm³/mol. The largest absolute Gasteiger partial charge is 0.497 e. The van der Waals surface area contributed by atoms with Crippen LogP contribution in [0.25, 0.3) is 0 Å². The van der Waals surface area contributed by atoms with Gasteiger partial charge >= 0.3 is 0 Å². The first kappa shape index (κ1) is 15.7. The molecule has 23 heavy (non-hydrogen) atoms. The van der Waals surface area contributed by atoms with Crippen LogP contribution in [0.1, 0.15) is 23.2 Å². The van der Waals surface area contributed by atoms with Crippen LogP contribution in [-0.2, 0) is 0 Å². The van der Waals surface area contributed by atoms with E-state index in [1.807, 2.05) is 12.1 Å². The Morgan fingerprint density at radius 2 is 1.83 bits per heavy atom. The van der Waals surface area contributed by atoms with Crippen molar-refractivity contribution < 1.29 is 9.53 Å². The molecule has 1 heterocycles. The molecule has 0 bridgehead atoms. The molecule has 3 rings (SSSR count). The number of hydrogen-bond donors (Lipinski definition) is 1. The molecule has 1 aliphatic rings. The highest BCUT2D eigenvalue weighted by atomic mass is 35.5. The Bertz CT molecular complexity index is 695. The average Bonchev–Trinajstić information content (AvgIpc) is 3.09. The fourth-order valence-corrected chi connectivity index (χ4v) is 3.04. The van der Waals surface area contributed by atoms with Gasteiger partial charge < -0.3 is 15.0 Å². The molecule has 1 aliphatic heterocycles. The molecule has 5 heteroatoms. The van der Waals surface area contributed by atoms with Crippen molar-refractivity contribution in [2.45, 2.75) is 12.8 Å². The third-order valence-corrected chi connectivity index (χ3v) is 4.31. The van der Waals surface area contributed by atoms with Crippen LogP contribution in [0.15, 0.2) is 42.5 Å². The topological polar surface area (TPSA) is 41.6 Å². The molecule has 1 N–H and O–H groups in total. The van der Waals surface area contributed by atoms with Gasteiger partial charge in [0.2, 0.25) is 0 Å². The first-order valence-electron chi connectivity index (χ1n) is 7.67. The van der Waals surface area contributed by atoms with Crippen LogP contribution in [-0.4, -0.2) is 26.1 Å². The average molecular weight is 331 g/mol. The smallest absolute Gasteiger partial charge is 0.255 e. The summed E-state index contributed by atoms with van der Waals surface area (Å²) >= 11 is 6.37. The number of carbonyl (C=O) groups excluding carboxylic acids is 1. The van der Waals surface area contributed by atoms with Crippen molar-refractivity contribution in [1.29, 1.82) is 0 Å². The molecule has 0 unspecified atom stereocenters. The summed E-state index contributed by atoms with van der Waals surface area (Å²) in [7, 11) is 1.60. The highest BCUT2D eigenvalue weighted by Gasteiger charge is 2.16. The molecule has 1 fully saturated rings. The first-order chi connectivity index (χ1) is 11.2. The minimum Gasteiger partial charge on any atom is -0.497 e. The number of amides is 1. The highest BCUT2D eigenvalue weighted by molar-refractivity contribution is 6.33. The van der Waals surface area contributed by atoms with E-state index in [9.17, 15) is 4.79 Å². The Kier molecular flexibility index (Phi) is 4.72. The van der Waals surface area contributed by atoms with Crippen molar-refractivity contribution in [3.8, 4) is 5.75 Å². The van der Waals surface area contributed by atoms with Gasteiger partial charge in [0, 0.05) is 24.3 Å². The molecular formula is C18H19ClN2O2. The summed E-state index contributed by atoms with van der Waals surface area (Å²) in [6, 6.07) is 12.6. The summed E-state index contributed by atoms with van der Waals surface area (Å²) in [6.07, 6.45) is 2.40. The Hall–Kier alpha value is -2.20. The molecule has 0 radical (unpaired) electrons. The molecule has 0 aromatic heterocycles. The Balaban J connectivity index is 1.71. The van der Waals surface area contributed by atoms with E-state index in [-0.39, 0.29) is 5.91 Å². The third-order valence-electron chi connectivity index (χ3n) is 4.00. The Morgan fingerprint density at radius 1 is 1.13 bits per heavy atom. The number of methoxy groups -OCH3 is 1. The van der Waals surface area contributed by atoms with Crippen LogP contribution in [0.4, 0.5) is 11.4 Å². The maximum atomic E-state index is 12.3.